The molecule has 2 aromatic heterocycles. The molecule has 0 fully saturated rings. The van der Waals surface area contributed by atoms with E-state index < -0.39 is 0 Å². The van der Waals surface area contributed by atoms with Crippen molar-refractivity contribution in [2.75, 3.05) is 11.5 Å². The van der Waals surface area contributed by atoms with Gasteiger partial charge in [-0.1, -0.05) is 158 Å². The van der Waals surface area contributed by atoms with Crippen LogP contribution in [0.3, 0.4) is 0 Å². The zero-order valence-corrected chi connectivity index (χ0v) is 37.2. The predicted molar refractivity (Wildman–Crippen MR) is 243 cm³/mol. The quantitative estimate of drug-likeness (QED) is 0.165. The van der Waals surface area contributed by atoms with Gasteiger partial charge in [-0.3, -0.25) is 9.59 Å². The first-order valence-corrected chi connectivity index (χ1v) is 20.5. The highest BCUT2D eigenvalue weighted by Gasteiger charge is 2.44. The molecular weight excluding hydrogens is 759 g/mol. The van der Waals surface area contributed by atoms with Crippen molar-refractivity contribution in [2.45, 2.75) is 94.2 Å². The van der Waals surface area contributed by atoms with E-state index in [1.54, 1.807) is 36.9 Å². The number of nitrogens with zero attached hydrogens (tertiary/aromatic N) is 2. The van der Waals surface area contributed by atoms with Gasteiger partial charge in [0, 0.05) is 24.0 Å². The van der Waals surface area contributed by atoms with Crippen molar-refractivity contribution in [2.24, 2.45) is 10.8 Å². The molecule has 0 amide bonds. The van der Waals surface area contributed by atoms with Crippen LogP contribution in [-0.2, 0) is 9.59 Å². The number of hydrogen-bond donors (Lipinski definition) is 2. The Morgan fingerprint density at radius 2 is 0.914 bits per heavy atom. The molecule has 0 unspecified atom stereocenters. The first kappa shape index (κ1) is 45.7. The fraction of sp³-hybridized carbons (Fsp3) is 0.320. The number of rotatable bonds is 12. The summed E-state index contributed by atoms with van der Waals surface area (Å²) >= 11 is 12.5. The molecule has 4 N–H and O–H groups in total. The van der Waals surface area contributed by atoms with Crippen LogP contribution in [0.2, 0.25) is 10.0 Å². The second kappa shape index (κ2) is 19.6. The summed E-state index contributed by atoms with van der Waals surface area (Å²) in [6.45, 7) is 20.8. The van der Waals surface area contributed by atoms with Gasteiger partial charge in [-0.15, -0.1) is 0 Å². The maximum Gasteiger partial charge on any atom is 0.226 e. The van der Waals surface area contributed by atoms with Crippen LogP contribution in [0.15, 0.2) is 167 Å². The van der Waals surface area contributed by atoms with E-state index in [-0.39, 0.29) is 34.5 Å². The largest absolute Gasteiger partial charge is 0.394 e. The second-order valence-electron chi connectivity index (χ2n) is 16.9. The highest BCUT2D eigenvalue weighted by atomic mass is 35.5. The van der Waals surface area contributed by atoms with Crippen molar-refractivity contribution in [3.63, 3.8) is 0 Å². The molecule has 0 spiro atoms. The molecule has 2 atom stereocenters. The van der Waals surface area contributed by atoms with Gasteiger partial charge in [0.05, 0.1) is 11.4 Å². The van der Waals surface area contributed by atoms with E-state index in [4.69, 9.17) is 34.7 Å². The van der Waals surface area contributed by atoms with E-state index in [1.807, 2.05) is 47.3 Å². The number of aromatic nitrogens is 2. The van der Waals surface area contributed by atoms with Crippen molar-refractivity contribution in [3.05, 3.63) is 177 Å². The highest BCUT2D eigenvalue weighted by Crippen LogP contribution is 2.44. The topological polar surface area (TPSA) is 93.9 Å². The normalized spacial score (nSPS) is 21.4. The fourth-order valence-electron chi connectivity index (χ4n) is 7.64. The van der Waals surface area contributed by atoms with Gasteiger partial charge < -0.3 is 11.5 Å². The first-order chi connectivity index (χ1) is 27.2. The third-order valence-corrected chi connectivity index (χ3v) is 11.2. The average molecular weight is 820 g/mol. The molecule has 4 rings (SSSR count). The van der Waals surface area contributed by atoms with Crippen molar-refractivity contribution >= 4 is 46.1 Å². The van der Waals surface area contributed by atoms with E-state index in [0.29, 0.717) is 34.3 Å². The number of halogens is 2. The molecule has 2 heterocycles. The number of ketones is 2. The van der Waals surface area contributed by atoms with Gasteiger partial charge in [0.1, 0.15) is 10.0 Å². The Morgan fingerprint density at radius 3 is 1.26 bits per heavy atom. The van der Waals surface area contributed by atoms with E-state index in [0.717, 1.165) is 44.6 Å². The van der Waals surface area contributed by atoms with Gasteiger partial charge in [-0.25, -0.2) is 0 Å². The Labute approximate surface area is 356 Å². The Bertz CT molecular complexity index is 2090. The minimum absolute atomic E-state index is 0.0849. The van der Waals surface area contributed by atoms with Gasteiger partial charge in [-0.05, 0) is 75.7 Å². The highest BCUT2D eigenvalue weighted by molar-refractivity contribution is 6.30. The summed E-state index contributed by atoms with van der Waals surface area (Å²) in [4.78, 5) is 26.9. The van der Waals surface area contributed by atoms with Crippen LogP contribution in [0, 0.1) is 10.8 Å². The van der Waals surface area contributed by atoms with Crippen LogP contribution in [0.1, 0.15) is 94.2 Å². The smallest absolute Gasteiger partial charge is 0.226 e. The van der Waals surface area contributed by atoms with Gasteiger partial charge >= 0.3 is 0 Å². The Kier molecular flexibility index (Phi) is 15.4. The molecule has 2 aliphatic carbocycles. The van der Waals surface area contributed by atoms with Crippen LogP contribution in [0.25, 0.3) is 0 Å². The van der Waals surface area contributed by atoms with Crippen molar-refractivity contribution in [1.29, 1.82) is 0 Å². The van der Waals surface area contributed by atoms with E-state index in [1.165, 1.54) is 0 Å². The van der Waals surface area contributed by atoms with Gasteiger partial charge in [0.15, 0.2) is 24.8 Å². The summed E-state index contributed by atoms with van der Waals surface area (Å²) in [5.74, 6) is 0.170. The lowest BCUT2D eigenvalue weighted by molar-refractivity contribution is -0.710. The first-order valence-electron chi connectivity index (χ1n) is 19.7. The lowest BCUT2D eigenvalue weighted by atomic mass is 9.70. The number of carbonyl (C=O) groups is 2. The molecule has 0 saturated heterocycles. The molecule has 0 radical (unpaired) electrons. The molecule has 2 aliphatic rings. The predicted octanol–water partition coefficient (Wildman–Crippen LogP) is 11.7. The number of nitrogen functional groups attached to an aromatic ring is 2. The van der Waals surface area contributed by atoms with Gasteiger partial charge in [0.2, 0.25) is 23.7 Å². The zero-order chi connectivity index (χ0) is 42.9. The summed E-state index contributed by atoms with van der Waals surface area (Å²) < 4.78 is 3.70. The number of nitrogens with two attached hydrogens (primary N) is 2. The van der Waals surface area contributed by atoms with Crippen LogP contribution in [0.4, 0.5) is 11.4 Å². The van der Waals surface area contributed by atoms with Crippen molar-refractivity contribution in [3.8, 4) is 0 Å². The molecule has 0 bridgehead atoms. The number of hydrogen-bond acceptors (Lipinski definition) is 4. The Morgan fingerprint density at radius 1 is 0.586 bits per heavy atom. The maximum atomic E-state index is 13.4. The molecule has 58 heavy (non-hydrogen) atoms. The molecule has 8 heteroatoms. The zero-order valence-electron chi connectivity index (χ0n) is 35.7. The number of allylic oxidation sites excluding steroid dienone is 22. The summed E-state index contributed by atoms with van der Waals surface area (Å²) in [5.41, 5.74) is 20.7. The van der Waals surface area contributed by atoms with E-state index in [2.05, 4.69) is 116 Å². The lowest BCUT2D eigenvalue weighted by Gasteiger charge is -2.34. The second-order valence-corrected chi connectivity index (χ2v) is 17.8. The maximum absolute atomic E-state index is 13.4. The SMILES string of the molecule is CC1=C(/C=C/C(C)=C/C=C/C(C)=C/C=C/C=C(C)/C=C/C=C(C)/C=C/C2=C(C)C(=O)[C@H]([n+]3cc(N)cc(Cl)c3)CC2(C)C)C(C)(C)C[C@@H]([n+]2cc(N)cc(Cl)c2)C1=O. The Balaban J connectivity index is 1.32. The van der Waals surface area contributed by atoms with E-state index >= 15 is 0 Å². The summed E-state index contributed by atoms with van der Waals surface area (Å²) in [6, 6.07) is 2.68. The van der Waals surface area contributed by atoms with Crippen molar-refractivity contribution in [1.82, 2.24) is 0 Å². The summed E-state index contributed by atoms with van der Waals surface area (Å²) in [6.07, 6.45) is 37.3. The van der Waals surface area contributed by atoms with Crippen molar-refractivity contribution < 1.29 is 18.7 Å². The number of carbonyl (C=O) groups excluding carboxylic acids is 2. The molecular formula is C50H60Cl2N4O2+2. The van der Waals surface area contributed by atoms with Crippen LogP contribution in [0.5, 0.6) is 0 Å². The molecule has 2 aromatic rings. The summed E-state index contributed by atoms with van der Waals surface area (Å²) in [5, 5.41) is 1.03. The molecule has 304 valence electrons. The standard InChI is InChI=1S/C50H60Cl2N4O2/c1-33(17-13-19-35(3)21-23-43-37(5)47(57)45(27-49(43,7)8)55-29-39(51)25-41(53)31-55)15-11-12-16-34(2)18-14-20-36(4)22-24-44-38(6)48(58)46(28-50(44,9)10)56-30-40(52)26-42(54)32-56/h11-26,29-32,45-46H,27-28,53-54H2,1-10H3/q+2/b12-11+,17-13+,18-14+,23-21+,24-22+,33-15+,34-16+,35-19+,36-20+/t45-,46-/m1/s1. The summed E-state index contributed by atoms with van der Waals surface area (Å²) in [7, 11) is 0. The monoisotopic (exact) mass is 818 g/mol. The lowest BCUT2D eigenvalue weighted by Crippen LogP contribution is -2.48. The Hall–Kier alpha value is -5.04. The molecule has 0 aliphatic heterocycles. The fourth-order valence-corrected chi connectivity index (χ4v) is 8.11. The molecule has 0 aromatic carbocycles. The van der Waals surface area contributed by atoms with Crippen LogP contribution >= 0.6 is 23.2 Å². The third kappa shape index (κ3) is 12.2. The van der Waals surface area contributed by atoms with E-state index in [9.17, 15) is 9.59 Å². The third-order valence-electron chi connectivity index (χ3n) is 10.8. The number of Topliss-reactive ketones (excluding diaryl/α,β-unsaturated/α-hetero) is 2. The average Bonchev–Trinajstić information content (AvgIpc) is 3.12. The van der Waals surface area contributed by atoms with Gasteiger partial charge in [0.25, 0.3) is 0 Å². The molecule has 6 nitrogen and oxygen atoms in total. The number of pyridine rings is 2. The van der Waals surface area contributed by atoms with Crippen LogP contribution in [-0.4, -0.2) is 11.6 Å². The van der Waals surface area contributed by atoms with Crippen LogP contribution < -0.4 is 20.6 Å². The minimum Gasteiger partial charge on any atom is -0.394 e. The number of anilines is 2. The molecule has 0 saturated carbocycles. The van der Waals surface area contributed by atoms with Gasteiger partial charge in [-0.2, -0.15) is 9.13 Å². The minimum atomic E-state index is -0.345.